The molecule has 0 saturated heterocycles. The van der Waals surface area contributed by atoms with Crippen molar-refractivity contribution in [3.8, 4) is 0 Å². The van der Waals surface area contributed by atoms with E-state index in [0.717, 1.165) is 18.9 Å². The molecule has 1 aromatic heterocycles. The number of hydrogen-bond donors (Lipinski definition) is 3. The van der Waals surface area contributed by atoms with Gasteiger partial charge in [0.05, 0.1) is 6.42 Å². The molecule has 0 spiro atoms. The Morgan fingerprint density at radius 2 is 2.11 bits per heavy atom. The van der Waals surface area contributed by atoms with Crippen molar-refractivity contribution in [2.45, 2.75) is 19.4 Å². The van der Waals surface area contributed by atoms with Gasteiger partial charge in [0.25, 0.3) is 0 Å². The molecule has 3 N–H and O–H groups in total. The number of nitrogens with one attached hydrogen (secondary N) is 2. The molecule has 1 rings (SSSR count). The minimum atomic E-state index is -0.835. The van der Waals surface area contributed by atoms with Gasteiger partial charge in [-0.15, -0.1) is 0 Å². The minimum Gasteiger partial charge on any atom is -0.481 e. The summed E-state index contributed by atoms with van der Waals surface area (Å²) in [6.07, 6.45) is 1.50. The van der Waals surface area contributed by atoms with Gasteiger partial charge < -0.3 is 20.6 Å². The Bertz CT molecular complexity index is 411. The van der Waals surface area contributed by atoms with Gasteiger partial charge in [0.1, 0.15) is 18.0 Å². The normalized spacial score (nSPS) is 12.2. The number of nitrogens with zero attached hydrogens (tertiary/aromatic N) is 3. The average Bonchev–Trinajstić information content (AvgIpc) is 2.27. The number of carboxylic acid groups (broad SMARTS) is 1. The van der Waals surface area contributed by atoms with Crippen LogP contribution >= 0.6 is 0 Å². The maximum atomic E-state index is 10.6. The molecule has 7 heteroatoms. The maximum Gasteiger partial charge on any atom is 0.305 e. The SMILES string of the molecule is CC(CC(=O)O)Nc1cc(NCCN(C)C)ncn1. The first-order chi connectivity index (χ1) is 8.97. The zero-order valence-electron chi connectivity index (χ0n) is 11.6. The lowest BCUT2D eigenvalue weighted by Gasteiger charge is -2.14. The van der Waals surface area contributed by atoms with Crippen LogP contribution in [0.2, 0.25) is 0 Å². The number of rotatable bonds is 8. The topological polar surface area (TPSA) is 90.4 Å². The second kappa shape index (κ2) is 7.52. The van der Waals surface area contributed by atoms with E-state index in [4.69, 9.17) is 5.11 Å². The summed E-state index contributed by atoms with van der Waals surface area (Å²) >= 11 is 0. The number of aliphatic carboxylic acids is 1. The standard InChI is InChI=1S/C12H21N5O2/c1-9(6-12(18)19)16-11-7-10(14-8-15-11)13-4-5-17(2)3/h7-9H,4-6H2,1-3H3,(H,18,19)(H2,13,14,15,16). The van der Waals surface area contributed by atoms with Crippen LogP contribution in [0, 0.1) is 0 Å². The number of carbonyl (C=O) groups is 1. The van der Waals surface area contributed by atoms with Crippen LogP contribution in [0.1, 0.15) is 13.3 Å². The Balaban J connectivity index is 2.49. The molecule has 0 aliphatic carbocycles. The van der Waals surface area contributed by atoms with Crippen molar-refractivity contribution in [2.75, 3.05) is 37.8 Å². The van der Waals surface area contributed by atoms with Crippen molar-refractivity contribution >= 4 is 17.6 Å². The third kappa shape index (κ3) is 6.56. The molecule has 0 radical (unpaired) electrons. The molecule has 0 amide bonds. The molecule has 0 aromatic carbocycles. The number of anilines is 2. The molecule has 106 valence electrons. The van der Waals surface area contributed by atoms with E-state index in [-0.39, 0.29) is 12.5 Å². The molecule has 19 heavy (non-hydrogen) atoms. The lowest BCUT2D eigenvalue weighted by Crippen LogP contribution is -2.22. The molecule has 0 aliphatic heterocycles. The molecule has 1 aromatic rings. The number of aromatic nitrogens is 2. The van der Waals surface area contributed by atoms with Crippen LogP contribution in [0.5, 0.6) is 0 Å². The fourth-order valence-corrected chi connectivity index (χ4v) is 1.51. The first-order valence-electron chi connectivity index (χ1n) is 6.16. The second-order valence-electron chi connectivity index (χ2n) is 4.66. The highest BCUT2D eigenvalue weighted by atomic mass is 16.4. The Kier molecular flexibility index (Phi) is 6.01. The molecular formula is C12H21N5O2. The summed E-state index contributed by atoms with van der Waals surface area (Å²) in [7, 11) is 4.00. The molecule has 1 heterocycles. The number of likely N-dealkylation sites (N-methyl/N-ethyl adjacent to an activating group) is 1. The summed E-state index contributed by atoms with van der Waals surface area (Å²) in [5, 5.41) is 14.9. The van der Waals surface area contributed by atoms with Crippen LogP contribution in [-0.2, 0) is 4.79 Å². The smallest absolute Gasteiger partial charge is 0.305 e. The summed E-state index contributed by atoms with van der Waals surface area (Å²) in [5.74, 6) is 0.511. The lowest BCUT2D eigenvalue weighted by molar-refractivity contribution is -0.137. The first kappa shape index (κ1) is 15.2. The molecule has 1 atom stereocenters. The van der Waals surface area contributed by atoms with Gasteiger partial charge in [0, 0.05) is 25.2 Å². The quantitative estimate of drug-likeness (QED) is 0.639. The predicted molar refractivity (Wildman–Crippen MR) is 74.4 cm³/mol. The van der Waals surface area contributed by atoms with E-state index in [1.165, 1.54) is 6.33 Å². The molecular weight excluding hydrogens is 246 g/mol. The van der Waals surface area contributed by atoms with Crippen molar-refractivity contribution in [3.05, 3.63) is 12.4 Å². The molecule has 0 saturated carbocycles. The van der Waals surface area contributed by atoms with E-state index >= 15 is 0 Å². The van der Waals surface area contributed by atoms with Gasteiger partial charge >= 0.3 is 5.97 Å². The summed E-state index contributed by atoms with van der Waals surface area (Å²) < 4.78 is 0. The molecule has 0 aliphatic rings. The van der Waals surface area contributed by atoms with Crippen LogP contribution in [0.3, 0.4) is 0 Å². The highest BCUT2D eigenvalue weighted by molar-refractivity contribution is 5.68. The Morgan fingerprint density at radius 1 is 1.42 bits per heavy atom. The minimum absolute atomic E-state index is 0.0490. The highest BCUT2D eigenvalue weighted by Gasteiger charge is 2.08. The summed E-state index contributed by atoms with van der Waals surface area (Å²) in [5.41, 5.74) is 0. The van der Waals surface area contributed by atoms with Crippen molar-refractivity contribution in [3.63, 3.8) is 0 Å². The van der Waals surface area contributed by atoms with Crippen molar-refractivity contribution in [1.82, 2.24) is 14.9 Å². The molecule has 0 fully saturated rings. The third-order valence-corrected chi connectivity index (χ3v) is 2.41. The maximum absolute atomic E-state index is 10.6. The van der Waals surface area contributed by atoms with Crippen LogP contribution < -0.4 is 10.6 Å². The monoisotopic (exact) mass is 267 g/mol. The van der Waals surface area contributed by atoms with E-state index in [2.05, 4.69) is 25.5 Å². The Hall–Kier alpha value is -1.89. The van der Waals surface area contributed by atoms with Gasteiger partial charge in [0.2, 0.25) is 0 Å². The van der Waals surface area contributed by atoms with Gasteiger partial charge in [-0.1, -0.05) is 0 Å². The van der Waals surface area contributed by atoms with Gasteiger partial charge in [-0.25, -0.2) is 9.97 Å². The van der Waals surface area contributed by atoms with E-state index in [9.17, 15) is 4.79 Å². The second-order valence-corrected chi connectivity index (χ2v) is 4.66. The average molecular weight is 267 g/mol. The van der Waals surface area contributed by atoms with Crippen molar-refractivity contribution in [2.24, 2.45) is 0 Å². The lowest BCUT2D eigenvalue weighted by atomic mass is 10.2. The Labute approximate surface area is 113 Å². The van der Waals surface area contributed by atoms with E-state index in [0.29, 0.717) is 5.82 Å². The van der Waals surface area contributed by atoms with Crippen molar-refractivity contribution < 1.29 is 9.90 Å². The highest BCUT2D eigenvalue weighted by Crippen LogP contribution is 2.10. The largest absolute Gasteiger partial charge is 0.481 e. The van der Waals surface area contributed by atoms with E-state index in [1.807, 2.05) is 14.1 Å². The molecule has 1 unspecified atom stereocenters. The van der Waals surface area contributed by atoms with Crippen molar-refractivity contribution in [1.29, 1.82) is 0 Å². The summed E-state index contributed by atoms with van der Waals surface area (Å²) in [4.78, 5) is 20.8. The Morgan fingerprint density at radius 3 is 2.74 bits per heavy atom. The predicted octanol–water partition coefficient (Wildman–Crippen LogP) is 0.725. The molecule has 0 bridgehead atoms. The zero-order chi connectivity index (χ0) is 14.3. The molecule has 7 nitrogen and oxygen atoms in total. The van der Waals surface area contributed by atoms with Gasteiger partial charge in [0.15, 0.2) is 0 Å². The number of carboxylic acids is 1. The fraction of sp³-hybridized carbons (Fsp3) is 0.583. The van der Waals surface area contributed by atoms with Gasteiger partial charge in [-0.05, 0) is 21.0 Å². The van der Waals surface area contributed by atoms with E-state index < -0.39 is 5.97 Å². The van der Waals surface area contributed by atoms with Gasteiger partial charge in [-0.3, -0.25) is 4.79 Å². The fourth-order valence-electron chi connectivity index (χ4n) is 1.51. The number of hydrogen-bond acceptors (Lipinski definition) is 6. The van der Waals surface area contributed by atoms with Crippen LogP contribution in [-0.4, -0.2) is 59.2 Å². The van der Waals surface area contributed by atoms with Crippen LogP contribution in [0.4, 0.5) is 11.6 Å². The summed E-state index contributed by atoms with van der Waals surface area (Å²) in [6, 6.07) is 1.59. The van der Waals surface area contributed by atoms with Crippen LogP contribution in [0.25, 0.3) is 0 Å². The third-order valence-electron chi connectivity index (χ3n) is 2.41. The zero-order valence-corrected chi connectivity index (χ0v) is 11.6. The first-order valence-corrected chi connectivity index (χ1v) is 6.16. The van der Waals surface area contributed by atoms with Gasteiger partial charge in [-0.2, -0.15) is 0 Å². The van der Waals surface area contributed by atoms with E-state index in [1.54, 1.807) is 13.0 Å². The van der Waals surface area contributed by atoms with Crippen LogP contribution in [0.15, 0.2) is 12.4 Å². The summed E-state index contributed by atoms with van der Waals surface area (Å²) in [6.45, 7) is 3.49.